The molecule has 0 saturated carbocycles. The van der Waals surface area contributed by atoms with E-state index in [1.807, 2.05) is 13.0 Å². The summed E-state index contributed by atoms with van der Waals surface area (Å²) in [5, 5.41) is 13.4. The van der Waals surface area contributed by atoms with Crippen molar-refractivity contribution in [1.82, 2.24) is 19.6 Å². The van der Waals surface area contributed by atoms with Crippen LogP contribution in [0.25, 0.3) is 5.69 Å². The molecule has 0 radical (unpaired) electrons. The van der Waals surface area contributed by atoms with Crippen LogP contribution in [-0.2, 0) is 27.8 Å². The van der Waals surface area contributed by atoms with Crippen molar-refractivity contribution in [3.63, 3.8) is 0 Å². The highest BCUT2D eigenvalue weighted by Crippen LogP contribution is 2.33. The summed E-state index contributed by atoms with van der Waals surface area (Å²) in [7, 11) is -4.28. The fourth-order valence-electron chi connectivity index (χ4n) is 4.64. The number of hydrogen-bond acceptors (Lipinski definition) is 6. The van der Waals surface area contributed by atoms with E-state index in [0.717, 1.165) is 9.87 Å². The summed E-state index contributed by atoms with van der Waals surface area (Å²) in [6.07, 6.45) is 0.154. The maximum atomic E-state index is 13.7. The van der Waals surface area contributed by atoms with Gasteiger partial charge < -0.3 is 4.74 Å². The van der Waals surface area contributed by atoms with Gasteiger partial charge in [-0.2, -0.15) is 4.31 Å². The summed E-state index contributed by atoms with van der Waals surface area (Å²) in [5.74, 6) is -0.654. The maximum absolute atomic E-state index is 13.7. The highest BCUT2D eigenvalue weighted by molar-refractivity contribution is 7.89. The molecule has 1 amide bonds. The number of nitrogens with one attached hydrogen (secondary N) is 2. The lowest BCUT2D eigenvalue weighted by atomic mass is 10.0. The number of aromatic nitrogens is 2. The molecule has 1 aliphatic heterocycles. The number of rotatable bonds is 7. The van der Waals surface area contributed by atoms with Crippen LogP contribution in [0.3, 0.4) is 0 Å². The SMILES string of the molecule is Cc1cccc(-n2[nH]c3c(c2=O)C(C(=O)NO)N(S(=O)(=O)c2ccc(OCc4ccc(Cl)cc4Cl)cc2)CC3)c1. The number of ether oxygens (including phenoxy) is 1. The van der Waals surface area contributed by atoms with E-state index in [9.17, 15) is 23.2 Å². The zero-order chi connectivity index (χ0) is 28.6. The van der Waals surface area contributed by atoms with Crippen LogP contribution in [0.2, 0.25) is 10.0 Å². The van der Waals surface area contributed by atoms with Gasteiger partial charge in [0.1, 0.15) is 18.4 Å². The Kier molecular flexibility index (Phi) is 7.76. The Morgan fingerprint density at radius 1 is 1.12 bits per heavy atom. The van der Waals surface area contributed by atoms with E-state index in [-0.39, 0.29) is 30.0 Å². The molecule has 208 valence electrons. The normalized spacial score (nSPS) is 15.4. The minimum Gasteiger partial charge on any atom is -0.489 e. The van der Waals surface area contributed by atoms with Crippen molar-refractivity contribution < 1.29 is 23.2 Å². The lowest BCUT2D eigenvalue weighted by molar-refractivity contribution is -0.133. The molecule has 3 N–H and O–H groups in total. The third-order valence-electron chi connectivity index (χ3n) is 6.61. The third kappa shape index (κ3) is 5.26. The van der Waals surface area contributed by atoms with Crippen LogP contribution >= 0.6 is 23.2 Å². The molecule has 0 aliphatic carbocycles. The first kappa shape index (κ1) is 27.9. The second kappa shape index (κ2) is 11.1. The van der Waals surface area contributed by atoms with Gasteiger partial charge in [-0.15, -0.1) is 0 Å². The number of amides is 1. The lowest BCUT2D eigenvalue weighted by Crippen LogP contribution is -2.48. The quantitative estimate of drug-likeness (QED) is 0.215. The summed E-state index contributed by atoms with van der Waals surface area (Å²) >= 11 is 12.1. The first-order valence-electron chi connectivity index (χ1n) is 12.1. The minimum atomic E-state index is -4.28. The number of H-pyrrole nitrogens is 1. The zero-order valence-electron chi connectivity index (χ0n) is 21.1. The molecule has 4 aromatic rings. The van der Waals surface area contributed by atoms with Crippen LogP contribution in [0, 0.1) is 6.92 Å². The van der Waals surface area contributed by atoms with Crippen molar-refractivity contribution >= 4 is 39.1 Å². The van der Waals surface area contributed by atoms with Crippen LogP contribution in [0.5, 0.6) is 5.75 Å². The van der Waals surface area contributed by atoms with Crippen LogP contribution in [0.1, 0.15) is 28.4 Å². The Morgan fingerprint density at radius 2 is 1.88 bits per heavy atom. The number of carbonyl (C=O) groups is 1. The minimum absolute atomic E-state index is 0.0531. The zero-order valence-corrected chi connectivity index (χ0v) is 23.4. The van der Waals surface area contributed by atoms with Crippen molar-refractivity contribution in [3.8, 4) is 11.4 Å². The van der Waals surface area contributed by atoms with Gasteiger partial charge in [0.2, 0.25) is 10.0 Å². The summed E-state index contributed by atoms with van der Waals surface area (Å²) in [5.41, 5.74) is 3.44. The lowest BCUT2D eigenvalue weighted by Gasteiger charge is -2.32. The summed E-state index contributed by atoms with van der Waals surface area (Å²) in [4.78, 5) is 26.2. The van der Waals surface area contributed by atoms with E-state index >= 15 is 0 Å². The average Bonchev–Trinajstić information content (AvgIpc) is 3.28. The van der Waals surface area contributed by atoms with Gasteiger partial charge in [-0.25, -0.2) is 18.6 Å². The van der Waals surface area contributed by atoms with E-state index in [1.165, 1.54) is 34.4 Å². The molecule has 13 heteroatoms. The fourth-order valence-corrected chi connectivity index (χ4v) is 6.66. The first-order valence-corrected chi connectivity index (χ1v) is 14.3. The molecular formula is C27H24Cl2N4O6S. The van der Waals surface area contributed by atoms with Gasteiger partial charge >= 0.3 is 0 Å². The smallest absolute Gasteiger partial charge is 0.276 e. The highest BCUT2D eigenvalue weighted by Gasteiger charge is 2.43. The van der Waals surface area contributed by atoms with E-state index in [1.54, 1.807) is 36.4 Å². The monoisotopic (exact) mass is 602 g/mol. The average molecular weight is 603 g/mol. The predicted octanol–water partition coefficient (Wildman–Crippen LogP) is 4.15. The van der Waals surface area contributed by atoms with Crippen molar-refractivity contribution in [2.75, 3.05) is 6.54 Å². The summed E-state index contributed by atoms with van der Waals surface area (Å²) < 4.78 is 35.3. The van der Waals surface area contributed by atoms with Gasteiger partial charge in [0, 0.05) is 34.3 Å². The number of nitrogens with zero attached hydrogens (tertiary/aromatic N) is 2. The van der Waals surface area contributed by atoms with Gasteiger partial charge in [0.05, 0.1) is 16.1 Å². The van der Waals surface area contributed by atoms with Crippen molar-refractivity contribution in [3.05, 3.63) is 110 Å². The molecule has 0 bridgehead atoms. The molecular weight excluding hydrogens is 579 g/mol. The Balaban J connectivity index is 1.44. The van der Waals surface area contributed by atoms with E-state index < -0.39 is 27.5 Å². The number of hydrogen-bond donors (Lipinski definition) is 3. The van der Waals surface area contributed by atoms with E-state index in [2.05, 4.69) is 5.10 Å². The summed E-state index contributed by atoms with van der Waals surface area (Å²) in [6, 6.07) is 16.2. The Morgan fingerprint density at radius 3 is 2.55 bits per heavy atom. The molecule has 1 unspecified atom stereocenters. The molecule has 0 fully saturated rings. The van der Waals surface area contributed by atoms with Crippen molar-refractivity contribution in [1.29, 1.82) is 0 Å². The molecule has 1 aliphatic rings. The summed E-state index contributed by atoms with van der Waals surface area (Å²) in [6.45, 7) is 1.90. The number of hydroxylamine groups is 1. The fraction of sp³-hybridized carbons (Fsp3) is 0.185. The Labute approximate surface area is 239 Å². The molecule has 5 rings (SSSR count). The Bertz CT molecular complexity index is 1750. The largest absolute Gasteiger partial charge is 0.489 e. The number of benzene rings is 3. The molecule has 3 aromatic carbocycles. The van der Waals surface area contributed by atoms with Crippen LogP contribution in [-0.4, -0.2) is 40.2 Å². The number of aryl methyl sites for hydroxylation is 1. The van der Waals surface area contributed by atoms with Gasteiger partial charge in [0.15, 0.2) is 0 Å². The number of fused-ring (bicyclic) bond motifs is 1. The van der Waals surface area contributed by atoms with Crippen molar-refractivity contribution in [2.45, 2.75) is 30.9 Å². The number of halogens is 2. The molecule has 0 spiro atoms. The first-order chi connectivity index (χ1) is 19.1. The highest BCUT2D eigenvalue weighted by atomic mass is 35.5. The topological polar surface area (TPSA) is 134 Å². The van der Waals surface area contributed by atoms with Gasteiger partial charge in [-0.05, 0) is 61.0 Å². The van der Waals surface area contributed by atoms with E-state index in [0.29, 0.717) is 32.7 Å². The molecule has 0 saturated heterocycles. The van der Waals surface area contributed by atoms with Crippen LogP contribution < -0.4 is 15.8 Å². The maximum Gasteiger partial charge on any atom is 0.276 e. The van der Waals surface area contributed by atoms with Gasteiger partial charge in [-0.1, -0.05) is 41.4 Å². The van der Waals surface area contributed by atoms with Crippen LogP contribution in [0.4, 0.5) is 0 Å². The number of sulfonamides is 1. The van der Waals surface area contributed by atoms with Crippen molar-refractivity contribution in [2.24, 2.45) is 0 Å². The molecule has 40 heavy (non-hydrogen) atoms. The van der Waals surface area contributed by atoms with Gasteiger partial charge in [0.25, 0.3) is 11.5 Å². The van der Waals surface area contributed by atoms with E-state index in [4.69, 9.17) is 27.9 Å². The van der Waals surface area contributed by atoms with Crippen LogP contribution in [0.15, 0.2) is 76.4 Å². The molecule has 2 heterocycles. The molecule has 1 atom stereocenters. The Hall–Kier alpha value is -3.61. The second-order valence-electron chi connectivity index (χ2n) is 9.22. The molecule has 1 aromatic heterocycles. The number of carbonyl (C=O) groups excluding carboxylic acids is 1. The molecule has 10 nitrogen and oxygen atoms in total. The predicted molar refractivity (Wildman–Crippen MR) is 149 cm³/mol. The standard InChI is InChI=1S/C27H24Cl2N4O6S/c1-16-3-2-4-19(13-16)33-27(35)24-23(30-33)11-12-32(25(24)26(34)31-36)40(37,38)21-9-7-20(8-10-21)39-15-17-5-6-18(28)14-22(17)29/h2-10,13-14,25,30,36H,11-12,15H2,1H3,(H,31,34). The third-order valence-corrected chi connectivity index (χ3v) is 9.07. The number of aromatic amines is 1. The van der Waals surface area contributed by atoms with Gasteiger partial charge in [-0.3, -0.25) is 19.9 Å². The second-order valence-corrected chi connectivity index (χ2v) is 12.0.